The first kappa shape index (κ1) is 13.9. The fourth-order valence-electron chi connectivity index (χ4n) is 1.95. The van der Waals surface area contributed by atoms with Gasteiger partial charge in [0.25, 0.3) is 0 Å². The number of hydrogen-bond donors (Lipinski definition) is 3. The molecule has 0 fully saturated rings. The molecule has 0 aromatic heterocycles. The molecule has 0 aliphatic heterocycles. The summed E-state index contributed by atoms with van der Waals surface area (Å²) in [6, 6.07) is 14.0. The van der Waals surface area contributed by atoms with E-state index in [4.69, 9.17) is 5.26 Å². The minimum atomic E-state index is -0.0105. The first-order valence-corrected chi connectivity index (χ1v) is 6.34. The Kier molecular flexibility index (Phi) is 4.24. The lowest BCUT2D eigenvalue weighted by atomic mass is 10.1. The van der Waals surface area contributed by atoms with Crippen molar-refractivity contribution < 1.29 is 10.2 Å². The molecule has 0 saturated carbocycles. The van der Waals surface area contributed by atoms with Crippen LogP contribution in [0.15, 0.2) is 42.5 Å². The lowest BCUT2D eigenvalue weighted by Gasteiger charge is -2.15. The lowest BCUT2D eigenvalue weighted by Crippen LogP contribution is -2.17. The molecule has 20 heavy (non-hydrogen) atoms. The molecule has 3 N–H and O–H groups in total. The summed E-state index contributed by atoms with van der Waals surface area (Å²) < 4.78 is 0. The van der Waals surface area contributed by atoms with Gasteiger partial charge in [0.15, 0.2) is 0 Å². The molecule has 0 bridgehead atoms. The zero-order valence-corrected chi connectivity index (χ0v) is 11.2. The van der Waals surface area contributed by atoms with Crippen LogP contribution in [0, 0.1) is 11.3 Å². The Bertz CT molecular complexity index is 610. The summed E-state index contributed by atoms with van der Waals surface area (Å²) in [6.45, 7) is 2.60. The van der Waals surface area contributed by atoms with Gasteiger partial charge >= 0.3 is 0 Å². The van der Waals surface area contributed by atoms with Crippen LogP contribution in [0.2, 0.25) is 0 Å². The van der Waals surface area contributed by atoms with Crippen molar-refractivity contribution in [2.75, 3.05) is 0 Å². The number of nitrogens with zero attached hydrogens (tertiary/aromatic N) is 1. The van der Waals surface area contributed by atoms with E-state index >= 15 is 0 Å². The molecule has 2 aromatic carbocycles. The van der Waals surface area contributed by atoms with Crippen LogP contribution in [0.3, 0.4) is 0 Å². The molecule has 0 aliphatic carbocycles. The smallest absolute Gasteiger partial charge is 0.119 e. The number of benzene rings is 2. The first-order chi connectivity index (χ1) is 9.58. The highest BCUT2D eigenvalue weighted by atomic mass is 16.3. The topological polar surface area (TPSA) is 76.3 Å². The Morgan fingerprint density at radius 2 is 1.70 bits per heavy atom. The second-order valence-corrected chi connectivity index (χ2v) is 4.69. The van der Waals surface area contributed by atoms with Crippen LogP contribution < -0.4 is 5.32 Å². The largest absolute Gasteiger partial charge is 0.508 e. The third kappa shape index (κ3) is 3.50. The second kappa shape index (κ2) is 6.09. The number of rotatable bonds is 4. The van der Waals surface area contributed by atoms with E-state index < -0.39 is 0 Å². The third-order valence-corrected chi connectivity index (χ3v) is 3.12. The molecule has 102 valence electrons. The Balaban J connectivity index is 2.00. The van der Waals surface area contributed by atoms with Crippen molar-refractivity contribution >= 4 is 0 Å². The van der Waals surface area contributed by atoms with Gasteiger partial charge in [-0.15, -0.1) is 0 Å². The summed E-state index contributed by atoms with van der Waals surface area (Å²) >= 11 is 0. The molecule has 0 radical (unpaired) electrons. The minimum Gasteiger partial charge on any atom is -0.508 e. The first-order valence-electron chi connectivity index (χ1n) is 6.34. The monoisotopic (exact) mass is 268 g/mol. The van der Waals surface area contributed by atoms with Gasteiger partial charge in [-0.05, 0) is 42.3 Å². The maximum Gasteiger partial charge on any atom is 0.119 e. The van der Waals surface area contributed by atoms with Crippen molar-refractivity contribution in [1.82, 2.24) is 5.32 Å². The SMILES string of the molecule is CC(NCc1ccc(C#N)cc1)c1cc(O)cc(O)c1. The Morgan fingerprint density at radius 3 is 2.25 bits per heavy atom. The predicted octanol–water partition coefficient (Wildman–Crippen LogP) is 2.82. The molecular weight excluding hydrogens is 252 g/mol. The van der Waals surface area contributed by atoms with Crippen LogP contribution >= 0.6 is 0 Å². The molecule has 4 nitrogen and oxygen atoms in total. The van der Waals surface area contributed by atoms with E-state index in [0.29, 0.717) is 12.1 Å². The number of nitrogens with one attached hydrogen (secondary N) is 1. The maximum atomic E-state index is 9.47. The lowest BCUT2D eigenvalue weighted by molar-refractivity contribution is 0.446. The zero-order chi connectivity index (χ0) is 14.5. The number of aromatic hydroxyl groups is 2. The Morgan fingerprint density at radius 1 is 1.10 bits per heavy atom. The predicted molar refractivity (Wildman–Crippen MR) is 76.2 cm³/mol. The van der Waals surface area contributed by atoms with Crippen LogP contribution in [-0.2, 0) is 6.54 Å². The fourth-order valence-corrected chi connectivity index (χ4v) is 1.95. The van der Waals surface area contributed by atoms with Gasteiger partial charge in [0.2, 0.25) is 0 Å². The van der Waals surface area contributed by atoms with E-state index in [9.17, 15) is 10.2 Å². The number of phenols is 2. The van der Waals surface area contributed by atoms with E-state index in [1.54, 1.807) is 24.3 Å². The van der Waals surface area contributed by atoms with Crippen LogP contribution in [0.25, 0.3) is 0 Å². The molecule has 1 atom stereocenters. The van der Waals surface area contributed by atoms with E-state index in [1.165, 1.54) is 6.07 Å². The zero-order valence-electron chi connectivity index (χ0n) is 11.2. The standard InChI is InChI=1S/C16H16N2O2/c1-11(14-6-15(19)8-16(20)7-14)18-10-13-4-2-12(9-17)3-5-13/h2-8,11,18-20H,10H2,1H3. The molecule has 1 unspecified atom stereocenters. The number of phenolic OH excluding ortho intramolecular Hbond substituents is 2. The second-order valence-electron chi connectivity index (χ2n) is 4.69. The average Bonchev–Trinajstić information content (AvgIpc) is 2.44. The summed E-state index contributed by atoms with van der Waals surface area (Å²) in [5.74, 6) is 0.0963. The van der Waals surface area contributed by atoms with Crippen molar-refractivity contribution in [3.8, 4) is 17.6 Å². The van der Waals surface area contributed by atoms with Gasteiger partial charge in [0.1, 0.15) is 11.5 Å². The molecule has 0 spiro atoms. The molecule has 0 amide bonds. The molecule has 0 heterocycles. The summed E-state index contributed by atoms with van der Waals surface area (Å²) in [4.78, 5) is 0. The molecular formula is C16H16N2O2. The van der Waals surface area contributed by atoms with Crippen LogP contribution in [0.1, 0.15) is 29.7 Å². The van der Waals surface area contributed by atoms with Gasteiger partial charge in [-0.1, -0.05) is 12.1 Å². The van der Waals surface area contributed by atoms with Crippen LogP contribution in [0.5, 0.6) is 11.5 Å². The van der Waals surface area contributed by atoms with E-state index in [-0.39, 0.29) is 17.5 Å². The average molecular weight is 268 g/mol. The van der Waals surface area contributed by atoms with Gasteiger partial charge in [-0.2, -0.15) is 5.26 Å². The van der Waals surface area contributed by atoms with E-state index in [1.807, 2.05) is 19.1 Å². The third-order valence-electron chi connectivity index (χ3n) is 3.12. The highest BCUT2D eigenvalue weighted by molar-refractivity contribution is 5.38. The number of hydrogen-bond acceptors (Lipinski definition) is 4. The Labute approximate surface area is 117 Å². The molecule has 2 rings (SSSR count). The normalized spacial score (nSPS) is 11.8. The molecule has 0 aliphatic rings. The van der Waals surface area contributed by atoms with Crippen molar-refractivity contribution in [2.24, 2.45) is 0 Å². The van der Waals surface area contributed by atoms with E-state index in [0.717, 1.165) is 11.1 Å². The summed E-state index contributed by atoms with van der Waals surface area (Å²) in [5, 5.41) is 31.0. The van der Waals surface area contributed by atoms with Crippen molar-refractivity contribution in [3.05, 3.63) is 59.2 Å². The fraction of sp³-hybridized carbons (Fsp3) is 0.188. The summed E-state index contributed by atoms with van der Waals surface area (Å²) in [7, 11) is 0. The van der Waals surface area contributed by atoms with Crippen molar-refractivity contribution in [1.29, 1.82) is 5.26 Å². The van der Waals surface area contributed by atoms with Gasteiger partial charge in [0, 0.05) is 18.7 Å². The van der Waals surface area contributed by atoms with Crippen LogP contribution in [-0.4, -0.2) is 10.2 Å². The van der Waals surface area contributed by atoms with Gasteiger partial charge in [-0.25, -0.2) is 0 Å². The highest BCUT2D eigenvalue weighted by Gasteiger charge is 2.07. The summed E-state index contributed by atoms with van der Waals surface area (Å²) in [5.41, 5.74) is 2.52. The highest BCUT2D eigenvalue weighted by Crippen LogP contribution is 2.24. The van der Waals surface area contributed by atoms with E-state index in [2.05, 4.69) is 11.4 Å². The Hall–Kier alpha value is -2.51. The molecule has 4 heteroatoms. The van der Waals surface area contributed by atoms with Crippen molar-refractivity contribution in [2.45, 2.75) is 19.5 Å². The quantitative estimate of drug-likeness (QED) is 0.797. The summed E-state index contributed by atoms with van der Waals surface area (Å²) in [6.07, 6.45) is 0. The maximum absolute atomic E-state index is 9.47. The van der Waals surface area contributed by atoms with Gasteiger partial charge in [0.05, 0.1) is 11.6 Å². The van der Waals surface area contributed by atoms with Crippen LogP contribution in [0.4, 0.5) is 0 Å². The minimum absolute atomic E-state index is 0.0105. The van der Waals surface area contributed by atoms with Gasteiger partial charge < -0.3 is 15.5 Å². The number of nitriles is 1. The molecule has 2 aromatic rings. The van der Waals surface area contributed by atoms with Crippen molar-refractivity contribution in [3.63, 3.8) is 0 Å². The van der Waals surface area contributed by atoms with Gasteiger partial charge in [-0.3, -0.25) is 0 Å². The molecule has 0 saturated heterocycles.